The van der Waals surface area contributed by atoms with E-state index in [0.29, 0.717) is 17.2 Å². The van der Waals surface area contributed by atoms with Crippen molar-refractivity contribution in [3.8, 4) is 5.75 Å². The van der Waals surface area contributed by atoms with Gasteiger partial charge in [-0.15, -0.1) is 22.7 Å². The fourth-order valence-corrected chi connectivity index (χ4v) is 5.61. The van der Waals surface area contributed by atoms with Crippen molar-refractivity contribution in [2.75, 3.05) is 19.7 Å². The van der Waals surface area contributed by atoms with Gasteiger partial charge in [-0.1, -0.05) is 13.0 Å². The van der Waals surface area contributed by atoms with E-state index in [1.807, 2.05) is 41.6 Å². The second-order valence-corrected chi connectivity index (χ2v) is 10.0. The topological polar surface area (TPSA) is 49.9 Å². The summed E-state index contributed by atoms with van der Waals surface area (Å²) in [5, 5.41) is 3.91. The Morgan fingerprint density at radius 2 is 1.97 bits per heavy atom. The maximum Gasteiger partial charge on any atom is 0.264 e. The molecule has 8 heteroatoms. The molecule has 3 aromatic rings. The van der Waals surface area contributed by atoms with Crippen LogP contribution in [0.5, 0.6) is 5.75 Å². The lowest BCUT2D eigenvalue weighted by molar-refractivity contribution is -0.136. The second kappa shape index (κ2) is 10.5. The minimum absolute atomic E-state index is 0.0261. The number of hydrogen-bond donors (Lipinski definition) is 0. The minimum atomic E-state index is -0.322. The van der Waals surface area contributed by atoms with Crippen LogP contribution in [0.25, 0.3) is 0 Å². The Morgan fingerprint density at radius 1 is 1.18 bits per heavy atom. The van der Waals surface area contributed by atoms with E-state index in [1.165, 1.54) is 28.3 Å². The van der Waals surface area contributed by atoms with Crippen LogP contribution in [-0.4, -0.2) is 47.4 Å². The number of nitrogens with zero attached hydrogens (tertiary/aromatic N) is 2. The second-order valence-electron chi connectivity index (χ2n) is 8.08. The van der Waals surface area contributed by atoms with Crippen LogP contribution >= 0.6 is 22.7 Å². The Bertz CT molecular complexity index is 1080. The monoisotopic (exact) mass is 486 g/mol. The lowest BCUT2D eigenvalue weighted by atomic mass is 10.00. The summed E-state index contributed by atoms with van der Waals surface area (Å²) in [6.45, 7) is 4.86. The number of hydrogen-bond acceptors (Lipinski definition) is 5. The van der Waals surface area contributed by atoms with Crippen LogP contribution in [0.1, 0.15) is 46.4 Å². The highest BCUT2D eigenvalue weighted by molar-refractivity contribution is 7.12. The predicted octanol–water partition coefficient (Wildman–Crippen LogP) is 5.39. The van der Waals surface area contributed by atoms with E-state index in [0.717, 1.165) is 18.4 Å². The number of rotatable bonds is 8. The van der Waals surface area contributed by atoms with Crippen molar-refractivity contribution in [1.29, 1.82) is 0 Å². The quantitative estimate of drug-likeness (QED) is 0.429. The van der Waals surface area contributed by atoms with E-state index >= 15 is 0 Å². The van der Waals surface area contributed by atoms with Crippen LogP contribution < -0.4 is 4.74 Å². The van der Waals surface area contributed by atoms with E-state index in [9.17, 15) is 14.0 Å². The molecule has 0 bridgehead atoms. The molecule has 0 N–H and O–H groups in total. The largest absolute Gasteiger partial charge is 0.491 e. The zero-order chi connectivity index (χ0) is 23.4. The highest BCUT2D eigenvalue weighted by atomic mass is 32.1. The van der Waals surface area contributed by atoms with Crippen molar-refractivity contribution in [3.05, 3.63) is 74.4 Å². The highest BCUT2D eigenvalue weighted by Crippen LogP contribution is 2.34. The summed E-state index contributed by atoms with van der Waals surface area (Å²) in [4.78, 5) is 32.0. The summed E-state index contributed by atoms with van der Waals surface area (Å²) in [6, 6.07) is 11.3. The molecule has 4 rings (SSSR count). The molecule has 1 aliphatic heterocycles. The number of amides is 2. The number of thiophene rings is 2. The lowest BCUT2D eigenvalue weighted by Crippen LogP contribution is -2.49. The van der Waals surface area contributed by atoms with Gasteiger partial charge in [0.25, 0.3) is 5.91 Å². The zero-order valence-electron chi connectivity index (χ0n) is 18.7. The third-order valence-corrected chi connectivity index (χ3v) is 7.91. The van der Waals surface area contributed by atoms with Crippen LogP contribution in [-0.2, 0) is 11.2 Å². The molecular weight excluding hydrogens is 459 g/mol. The molecule has 0 radical (unpaired) electrons. The first-order chi connectivity index (χ1) is 16.0. The molecule has 1 aromatic carbocycles. The highest BCUT2D eigenvalue weighted by Gasteiger charge is 2.34. The van der Waals surface area contributed by atoms with Crippen molar-refractivity contribution >= 4 is 34.5 Å². The molecule has 33 heavy (non-hydrogen) atoms. The molecule has 3 heterocycles. The van der Waals surface area contributed by atoms with Gasteiger partial charge in [0.05, 0.1) is 10.9 Å². The summed E-state index contributed by atoms with van der Waals surface area (Å²) in [6.07, 6.45) is 1.55. The summed E-state index contributed by atoms with van der Waals surface area (Å²) in [5.74, 6) is 0.0301. The van der Waals surface area contributed by atoms with Gasteiger partial charge in [-0.05, 0) is 72.5 Å². The molecule has 0 saturated heterocycles. The smallest absolute Gasteiger partial charge is 0.264 e. The Morgan fingerprint density at radius 3 is 2.67 bits per heavy atom. The predicted molar refractivity (Wildman–Crippen MR) is 129 cm³/mol. The van der Waals surface area contributed by atoms with E-state index in [4.69, 9.17) is 4.74 Å². The molecule has 2 aromatic heterocycles. The Balaban J connectivity index is 1.53. The number of halogens is 1. The van der Waals surface area contributed by atoms with Crippen molar-refractivity contribution in [2.24, 2.45) is 0 Å². The molecule has 1 aliphatic rings. The lowest BCUT2D eigenvalue weighted by Gasteiger charge is -2.38. The first-order valence-electron chi connectivity index (χ1n) is 11.1. The Kier molecular flexibility index (Phi) is 7.45. The number of carbonyl (C=O) groups excluding carboxylic acids is 2. The molecular formula is C25H27FN2O3S2. The Hall–Kier alpha value is -2.71. The molecule has 0 aliphatic carbocycles. The van der Waals surface area contributed by atoms with Gasteiger partial charge in [0, 0.05) is 17.5 Å². The molecule has 0 unspecified atom stereocenters. The molecule has 0 spiro atoms. The van der Waals surface area contributed by atoms with Crippen molar-refractivity contribution in [2.45, 2.75) is 38.8 Å². The van der Waals surface area contributed by atoms with Crippen molar-refractivity contribution in [3.63, 3.8) is 0 Å². The number of ether oxygens (including phenoxy) is 1. The molecule has 174 valence electrons. The number of fused-ring (bicyclic) bond motifs is 1. The minimum Gasteiger partial charge on any atom is -0.491 e. The van der Waals surface area contributed by atoms with Gasteiger partial charge >= 0.3 is 0 Å². The fourth-order valence-electron chi connectivity index (χ4n) is 4.01. The summed E-state index contributed by atoms with van der Waals surface area (Å²) in [7, 11) is 0. The number of carbonyl (C=O) groups is 2. The number of benzene rings is 1. The van der Waals surface area contributed by atoms with Gasteiger partial charge in [0.1, 0.15) is 24.7 Å². The third kappa shape index (κ3) is 5.28. The Labute approximate surface area is 201 Å². The summed E-state index contributed by atoms with van der Waals surface area (Å²) >= 11 is 3.07. The van der Waals surface area contributed by atoms with Crippen molar-refractivity contribution in [1.82, 2.24) is 9.80 Å². The standard InChI is InChI=1S/C25H27FN2O3S2/c1-3-17(2)28(25(30)23-5-4-13-32-23)15-24(29)27-12-10-22-20(11-14-33-22)21(27)16-31-19-8-6-18(26)7-9-19/h4-9,11,13-14,17,21H,3,10,12,15-16H2,1-2H3/t17-,21-/m1/s1. The van der Waals surface area contributed by atoms with Crippen LogP contribution in [0.15, 0.2) is 53.2 Å². The summed E-state index contributed by atoms with van der Waals surface area (Å²) < 4.78 is 19.2. The first kappa shape index (κ1) is 23.4. The molecule has 0 saturated carbocycles. The summed E-state index contributed by atoms with van der Waals surface area (Å²) in [5.41, 5.74) is 1.08. The van der Waals surface area contributed by atoms with Crippen molar-refractivity contribution < 1.29 is 18.7 Å². The van der Waals surface area contributed by atoms with Gasteiger partial charge in [0.2, 0.25) is 5.91 Å². The average molecular weight is 487 g/mol. The first-order valence-corrected chi connectivity index (χ1v) is 12.8. The van der Waals surface area contributed by atoms with Crippen LogP contribution in [0.2, 0.25) is 0 Å². The molecule has 5 nitrogen and oxygen atoms in total. The van der Waals surface area contributed by atoms with E-state index < -0.39 is 0 Å². The van der Waals surface area contributed by atoms with E-state index in [-0.39, 0.29) is 42.9 Å². The maximum atomic E-state index is 13.5. The fraction of sp³-hybridized carbons (Fsp3) is 0.360. The average Bonchev–Trinajstić information content (AvgIpc) is 3.53. The maximum absolute atomic E-state index is 13.5. The van der Waals surface area contributed by atoms with Crippen LogP contribution in [0, 0.1) is 5.82 Å². The van der Waals surface area contributed by atoms with Gasteiger partial charge < -0.3 is 14.5 Å². The van der Waals surface area contributed by atoms with Gasteiger partial charge in [-0.2, -0.15) is 0 Å². The van der Waals surface area contributed by atoms with E-state index in [2.05, 4.69) is 0 Å². The third-order valence-electron chi connectivity index (χ3n) is 6.06. The molecule has 2 amide bonds. The SMILES string of the molecule is CC[C@@H](C)N(CC(=O)N1CCc2sccc2[C@H]1COc1ccc(F)cc1)C(=O)c1cccs1. The zero-order valence-corrected chi connectivity index (χ0v) is 20.3. The molecule has 0 fully saturated rings. The van der Waals surface area contributed by atoms with Crippen LogP contribution in [0.3, 0.4) is 0 Å². The van der Waals surface area contributed by atoms with Gasteiger partial charge in [0.15, 0.2) is 0 Å². The van der Waals surface area contributed by atoms with Gasteiger partial charge in [-0.3, -0.25) is 9.59 Å². The van der Waals surface area contributed by atoms with Gasteiger partial charge in [-0.25, -0.2) is 4.39 Å². The van der Waals surface area contributed by atoms with Crippen LogP contribution in [0.4, 0.5) is 4.39 Å². The van der Waals surface area contributed by atoms with E-state index in [1.54, 1.807) is 34.4 Å². The normalized spacial score (nSPS) is 16.2. The molecule has 2 atom stereocenters.